The monoisotopic (exact) mass is 397 g/mol. The lowest BCUT2D eigenvalue weighted by Crippen LogP contribution is -2.30. The summed E-state index contributed by atoms with van der Waals surface area (Å²) in [5, 5.41) is 0. The Labute approximate surface area is 164 Å². The Balaban J connectivity index is 1.93. The number of hydrogen-bond donors (Lipinski definition) is 1. The number of pyridine rings is 1. The molecule has 3 heterocycles. The van der Waals surface area contributed by atoms with Crippen LogP contribution < -0.4 is 16.0 Å². The van der Waals surface area contributed by atoms with Crippen molar-refractivity contribution in [2.24, 2.45) is 14.1 Å². The predicted octanol–water partition coefficient (Wildman–Crippen LogP) is 1.18. The fraction of sp³-hybridized carbons (Fsp3) is 0.300. The van der Waals surface area contributed by atoms with Gasteiger partial charge in [0.05, 0.1) is 29.6 Å². The van der Waals surface area contributed by atoms with E-state index in [1.54, 1.807) is 39.2 Å². The van der Waals surface area contributed by atoms with E-state index in [0.717, 1.165) is 5.52 Å². The van der Waals surface area contributed by atoms with Crippen LogP contribution in [-0.2, 0) is 23.6 Å². The van der Waals surface area contributed by atoms with Crippen LogP contribution in [-0.4, -0.2) is 32.7 Å². The van der Waals surface area contributed by atoms with Gasteiger partial charge in [0.15, 0.2) is 5.75 Å². The zero-order valence-corrected chi connectivity index (χ0v) is 16.1. The van der Waals surface area contributed by atoms with Crippen molar-refractivity contribution in [1.29, 1.82) is 0 Å². The molecule has 1 aliphatic heterocycles. The lowest BCUT2D eigenvalue weighted by Gasteiger charge is -2.25. The minimum absolute atomic E-state index is 0.00677. The van der Waals surface area contributed by atoms with Gasteiger partial charge in [-0.2, -0.15) is 0 Å². The summed E-state index contributed by atoms with van der Waals surface area (Å²) in [6.45, 7) is 1.80. The molecule has 9 nitrogen and oxygen atoms in total. The summed E-state index contributed by atoms with van der Waals surface area (Å²) in [4.78, 5) is 51.9. The molecule has 0 amide bonds. The minimum atomic E-state index is -0.686. The van der Waals surface area contributed by atoms with Crippen molar-refractivity contribution in [2.45, 2.75) is 19.3 Å². The van der Waals surface area contributed by atoms with Gasteiger partial charge in [0.1, 0.15) is 5.56 Å². The molecule has 0 saturated heterocycles. The van der Waals surface area contributed by atoms with Gasteiger partial charge in [0.2, 0.25) is 0 Å². The second-order valence-electron chi connectivity index (χ2n) is 6.87. The SMILES string of the molecule is CCOC(=O)c1c[nH]c(=O)c2c1OC(=O)C[C@@H]2c1ccc2c(c1)n(C)c(=O)n2C. The summed E-state index contributed by atoms with van der Waals surface area (Å²) in [6.07, 6.45) is 1.13. The molecule has 1 atom stereocenters. The minimum Gasteiger partial charge on any atom is -0.462 e. The van der Waals surface area contributed by atoms with E-state index in [1.807, 2.05) is 0 Å². The van der Waals surface area contributed by atoms with Crippen LogP contribution in [0.5, 0.6) is 5.75 Å². The van der Waals surface area contributed by atoms with Crippen LogP contribution in [0.2, 0.25) is 0 Å². The van der Waals surface area contributed by atoms with Gasteiger partial charge in [0, 0.05) is 26.2 Å². The maximum Gasteiger partial charge on any atom is 0.343 e. The summed E-state index contributed by atoms with van der Waals surface area (Å²) in [6, 6.07) is 5.32. The van der Waals surface area contributed by atoms with Gasteiger partial charge in [-0.15, -0.1) is 0 Å². The average molecular weight is 397 g/mol. The average Bonchev–Trinajstić information content (AvgIpc) is 2.91. The summed E-state index contributed by atoms with van der Waals surface area (Å²) in [5.74, 6) is -1.94. The fourth-order valence-corrected chi connectivity index (χ4v) is 3.77. The molecule has 29 heavy (non-hydrogen) atoms. The summed E-state index contributed by atoms with van der Waals surface area (Å²) >= 11 is 0. The standard InChI is InChI=1S/C20H19N3O6/c1-4-28-19(26)12-9-21-18(25)16-11(8-15(24)29-17(12)16)10-5-6-13-14(7-10)23(3)20(27)22(13)2/h5-7,9,11H,4,8H2,1-3H3,(H,21,25)/t11-/m1/s1. The number of esters is 2. The number of hydrogen-bond acceptors (Lipinski definition) is 6. The van der Waals surface area contributed by atoms with Crippen LogP contribution in [0.1, 0.15) is 40.7 Å². The van der Waals surface area contributed by atoms with Crippen molar-refractivity contribution in [3.63, 3.8) is 0 Å². The third-order valence-electron chi connectivity index (χ3n) is 5.21. The molecule has 150 valence electrons. The van der Waals surface area contributed by atoms with Crippen LogP contribution in [0.25, 0.3) is 11.0 Å². The number of rotatable bonds is 3. The number of fused-ring (bicyclic) bond motifs is 2. The predicted molar refractivity (Wildman–Crippen MR) is 103 cm³/mol. The molecule has 0 aliphatic carbocycles. The normalized spacial score (nSPS) is 15.8. The van der Waals surface area contributed by atoms with Gasteiger partial charge in [0.25, 0.3) is 5.56 Å². The number of aromatic amines is 1. The Morgan fingerprint density at radius 1 is 1.21 bits per heavy atom. The van der Waals surface area contributed by atoms with E-state index in [0.29, 0.717) is 11.1 Å². The van der Waals surface area contributed by atoms with Crippen LogP contribution in [0.3, 0.4) is 0 Å². The second-order valence-corrected chi connectivity index (χ2v) is 6.87. The molecule has 1 aliphatic rings. The molecular formula is C20H19N3O6. The van der Waals surface area contributed by atoms with E-state index in [4.69, 9.17) is 9.47 Å². The maximum absolute atomic E-state index is 12.6. The molecule has 0 bridgehead atoms. The second kappa shape index (κ2) is 6.77. The van der Waals surface area contributed by atoms with E-state index in [1.165, 1.54) is 15.3 Å². The molecule has 1 N–H and O–H groups in total. The molecule has 0 unspecified atom stereocenters. The van der Waals surface area contributed by atoms with Crippen molar-refractivity contribution in [1.82, 2.24) is 14.1 Å². The highest BCUT2D eigenvalue weighted by Gasteiger charge is 2.35. The molecule has 4 rings (SSSR count). The lowest BCUT2D eigenvalue weighted by atomic mass is 9.86. The molecule has 3 aromatic rings. The quantitative estimate of drug-likeness (QED) is 0.664. The number of aryl methyl sites for hydroxylation is 2. The Bertz CT molecular complexity index is 1280. The first kappa shape index (κ1) is 18.7. The number of H-pyrrole nitrogens is 1. The molecule has 0 radical (unpaired) electrons. The van der Waals surface area contributed by atoms with Crippen molar-refractivity contribution >= 4 is 23.0 Å². The third-order valence-corrected chi connectivity index (χ3v) is 5.21. The van der Waals surface area contributed by atoms with Gasteiger partial charge in [-0.25, -0.2) is 9.59 Å². The van der Waals surface area contributed by atoms with Gasteiger partial charge in [-0.1, -0.05) is 6.07 Å². The molecule has 0 saturated carbocycles. The van der Waals surface area contributed by atoms with Crippen molar-refractivity contribution in [2.75, 3.05) is 6.61 Å². The van der Waals surface area contributed by atoms with Crippen LogP contribution >= 0.6 is 0 Å². The molecule has 2 aromatic heterocycles. The van der Waals surface area contributed by atoms with E-state index in [9.17, 15) is 19.2 Å². The van der Waals surface area contributed by atoms with Crippen molar-refractivity contribution < 1.29 is 19.1 Å². The third kappa shape index (κ3) is 2.86. The van der Waals surface area contributed by atoms with E-state index in [2.05, 4.69) is 4.98 Å². The number of ether oxygens (including phenoxy) is 2. The Hall–Kier alpha value is -3.62. The highest BCUT2D eigenvalue weighted by molar-refractivity contribution is 5.95. The van der Waals surface area contributed by atoms with Crippen LogP contribution in [0, 0.1) is 0 Å². The number of nitrogens with zero attached hydrogens (tertiary/aromatic N) is 2. The summed E-state index contributed by atoms with van der Waals surface area (Å²) in [5.41, 5.74) is 1.63. The molecule has 9 heteroatoms. The largest absolute Gasteiger partial charge is 0.462 e. The Morgan fingerprint density at radius 3 is 2.66 bits per heavy atom. The van der Waals surface area contributed by atoms with Crippen LogP contribution in [0.4, 0.5) is 0 Å². The zero-order chi connectivity index (χ0) is 20.9. The zero-order valence-electron chi connectivity index (χ0n) is 16.1. The number of imidazole rings is 1. The number of carbonyl (C=O) groups is 2. The van der Waals surface area contributed by atoms with Gasteiger partial charge >= 0.3 is 17.6 Å². The first-order valence-electron chi connectivity index (χ1n) is 9.12. The Kier molecular flexibility index (Phi) is 4.37. The van der Waals surface area contributed by atoms with E-state index < -0.39 is 23.4 Å². The number of benzene rings is 1. The maximum atomic E-state index is 12.6. The summed E-state index contributed by atoms with van der Waals surface area (Å²) < 4.78 is 13.3. The lowest BCUT2D eigenvalue weighted by molar-refractivity contribution is -0.135. The van der Waals surface area contributed by atoms with E-state index in [-0.39, 0.29) is 35.6 Å². The Morgan fingerprint density at radius 2 is 1.93 bits per heavy atom. The first-order valence-corrected chi connectivity index (χ1v) is 9.12. The highest BCUT2D eigenvalue weighted by Crippen LogP contribution is 2.39. The van der Waals surface area contributed by atoms with Crippen LogP contribution in [0.15, 0.2) is 34.0 Å². The first-order chi connectivity index (χ1) is 13.8. The fourth-order valence-electron chi connectivity index (χ4n) is 3.77. The van der Waals surface area contributed by atoms with Crippen molar-refractivity contribution in [3.05, 3.63) is 61.9 Å². The molecule has 1 aromatic carbocycles. The van der Waals surface area contributed by atoms with Gasteiger partial charge < -0.3 is 14.5 Å². The molecular weight excluding hydrogens is 378 g/mol. The molecule has 0 fully saturated rings. The number of carbonyl (C=O) groups excluding carboxylic acids is 2. The number of nitrogens with one attached hydrogen (secondary N) is 1. The van der Waals surface area contributed by atoms with Gasteiger partial charge in [-0.3, -0.25) is 18.7 Å². The van der Waals surface area contributed by atoms with E-state index >= 15 is 0 Å². The summed E-state index contributed by atoms with van der Waals surface area (Å²) in [7, 11) is 3.33. The molecule has 0 spiro atoms. The van der Waals surface area contributed by atoms with Gasteiger partial charge in [-0.05, 0) is 24.6 Å². The number of aromatic nitrogens is 3. The van der Waals surface area contributed by atoms with Crippen molar-refractivity contribution in [3.8, 4) is 5.75 Å². The topological polar surface area (TPSA) is 112 Å². The highest BCUT2D eigenvalue weighted by atomic mass is 16.5. The smallest absolute Gasteiger partial charge is 0.343 e.